The highest BCUT2D eigenvalue weighted by atomic mass is 16.3. The molecule has 0 bridgehead atoms. The second-order valence-electron chi connectivity index (χ2n) is 5.98. The van der Waals surface area contributed by atoms with E-state index in [1.54, 1.807) is 0 Å². The summed E-state index contributed by atoms with van der Waals surface area (Å²) in [5.74, 6) is 0. The molecule has 2 unspecified atom stereocenters. The van der Waals surface area contributed by atoms with E-state index in [0.29, 0.717) is 18.1 Å². The Morgan fingerprint density at radius 2 is 2.00 bits per heavy atom. The zero-order valence-electron chi connectivity index (χ0n) is 9.79. The molecule has 3 N–H and O–H groups in total. The predicted octanol–water partition coefficient (Wildman–Crippen LogP) is 0.898. The molecule has 0 aromatic heterocycles. The molecular weight excluding hydrogens is 190 g/mol. The van der Waals surface area contributed by atoms with Gasteiger partial charge in [0.25, 0.3) is 0 Å². The highest BCUT2D eigenvalue weighted by molar-refractivity contribution is 5.04. The van der Waals surface area contributed by atoms with E-state index >= 15 is 0 Å². The molecular formula is C12H23NO2. The van der Waals surface area contributed by atoms with Crippen LogP contribution >= 0.6 is 0 Å². The van der Waals surface area contributed by atoms with E-state index in [4.69, 9.17) is 5.11 Å². The smallest absolute Gasteiger partial charge is 0.0621 e. The topological polar surface area (TPSA) is 52.5 Å². The normalized spacial score (nSPS) is 36.0. The summed E-state index contributed by atoms with van der Waals surface area (Å²) in [4.78, 5) is 0. The largest absolute Gasteiger partial charge is 0.396 e. The summed E-state index contributed by atoms with van der Waals surface area (Å²) >= 11 is 0. The number of hydrogen-bond acceptors (Lipinski definition) is 3. The fourth-order valence-electron chi connectivity index (χ4n) is 2.52. The highest BCUT2D eigenvalue weighted by Gasteiger charge is 2.49. The van der Waals surface area contributed by atoms with Crippen LogP contribution in [0.5, 0.6) is 0 Å². The minimum Gasteiger partial charge on any atom is -0.396 e. The molecule has 0 aromatic carbocycles. The van der Waals surface area contributed by atoms with E-state index in [0.717, 1.165) is 19.4 Å². The lowest BCUT2D eigenvalue weighted by Crippen LogP contribution is -2.60. The standard InChI is InChI=1S/C12H23NO2/c1-11(2)9(7-10(11)15)13-8-12(3-4-12)5-6-14/h9-10,13-15H,3-8H2,1-2H3. The van der Waals surface area contributed by atoms with Crippen LogP contribution in [0, 0.1) is 10.8 Å². The summed E-state index contributed by atoms with van der Waals surface area (Å²) in [6.45, 7) is 5.54. The second kappa shape index (κ2) is 3.72. The lowest BCUT2D eigenvalue weighted by atomic mass is 9.64. The average molecular weight is 213 g/mol. The Morgan fingerprint density at radius 3 is 2.40 bits per heavy atom. The molecule has 15 heavy (non-hydrogen) atoms. The zero-order valence-corrected chi connectivity index (χ0v) is 9.79. The van der Waals surface area contributed by atoms with Gasteiger partial charge in [0, 0.05) is 24.6 Å². The van der Waals surface area contributed by atoms with Crippen molar-refractivity contribution in [3.63, 3.8) is 0 Å². The van der Waals surface area contributed by atoms with E-state index in [1.807, 2.05) is 0 Å². The summed E-state index contributed by atoms with van der Waals surface area (Å²) in [6.07, 6.45) is 4.15. The van der Waals surface area contributed by atoms with E-state index in [1.165, 1.54) is 12.8 Å². The van der Waals surface area contributed by atoms with Crippen molar-refractivity contribution in [1.29, 1.82) is 0 Å². The Labute approximate surface area is 91.9 Å². The van der Waals surface area contributed by atoms with Crippen molar-refractivity contribution in [2.24, 2.45) is 10.8 Å². The first-order valence-electron chi connectivity index (χ1n) is 6.02. The van der Waals surface area contributed by atoms with Gasteiger partial charge in [0.05, 0.1) is 6.10 Å². The van der Waals surface area contributed by atoms with E-state index in [-0.39, 0.29) is 11.5 Å². The SMILES string of the molecule is CC1(C)C(O)CC1NCC1(CCO)CC1. The molecule has 0 amide bonds. The summed E-state index contributed by atoms with van der Waals surface area (Å²) in [7, 11) is 0. The Kier molecular flexibility index (Phi) is 2.82. The van der Waals surface area contributed by atoms with Crippen molar-refractivity contribution < 1.29 is 10.2 Å². The van der Waals surface area contributed by atoms with Crippen LogP contribution in [0.1, 0.15) is 39.5 Å². The maximum absolute atomic E-state index is 9.61. The fourth-order valence-corrected chi connectivity index (χ4v) is 2.52. The number of aliphatic hydroxyl groups is 2. The van der Waals surface area contributed by atoms with Crippen molar-refractivity contribution in [3.05, 3.63) is 0 Å². The summed E-state index contributed by atoms with van der Waals surface area (Å²) in [6, 6.07) is 0.448. The third-order valence-electron chi connectivity index (χ3n) is 4.54. The molecule has 2 aliphatic rings. The Bertz CT molecular complexity index is 236. The first kappa shape index (κ1) is 11.4. The minimum absolute atomic E-state index is 0.0231. The molecule has 0 saturated heterocycles. The van der Waals surface area contributed by atoms with Crippen LogP contribution in [-0.4, -0.2) is 35.5 Å². The van der Waals surface area contributed by atoms with Crippen molar-refractivity contribution in [2.75, 3.05) is 13.2 Å². The van der Waals surface area contributed by atoms with Crippen LogP contribution in [0.15, 0.2) is 0 Å². The van der Waals surface area contributed by atoms with Crippen LogP contribution < -0.4 is 5.32 Å². The van der Waals surface area contributed by atoms with Crippen molar-refractivity contribution in [3.8, 4) is 0 Å². The molecule has 2 atom stereocenters. The van der Waals surface area contributed by atoms with Gasteiger partial charge in [-0.25, -0.2) is 0 Å². The van der Waals surface area contributed by atoms with E-state index in [2.05, 4.69) is 19.2 Å². The Hall–Kier alpha value is -0.120. The van der Waals surface area contributed by atoms with Crippen molar-refractivity contribution in [2.45, 2.75) is 51.7 Å². The van der Waals surface area contributed by atoms with Gasteiger partial charge in [-0.05, 0) is 31.1 Å². The molecule has 0 aromatic rings. The summed E-state index contributed by atoms with van der Waals surface area (Å²) in [5.41, 5.74) is 0.403. The summed E-state index contributed by atoms with van der Waals surface area (Å²) in [5, 5.41) is 22.1. The molecule has 0 radical (unpaired) electrons. The summed E-state index contributed by atoms with van der Waals surface area (Å²) < 4.78 is 0. The first-order chi connectivity index (χ1) is 7.00. The van der Waals surface area contributed by atoms with Gasteiger partial charge in [-0.3, -0.25) is 0 Å². The molecule has 2 aliphatic carbocycles. The quantitative estimate of drug-likeness (QED) is 0.636. The molecule has 0 heterocycles. The van der Waals surface area contributed by atoms with Gasteiger partial charge in [-0.1, -0.05) is 13.8 Å². The predicted molar refractivity (Wildman–Crippen MR) is 59.6 cm³/mol. The molecule has 2 rings (SSSR count). The lowest BCUT2D eigenvalue weighted by molar-refractivity contribution is -0.0738. The molecule has 88 valence electrons. The molecule has 2 saturated carbocycles. The molecule has 0 spiro atoms. The first-order valence-corrected chi connectivity index (χ1v) is 6.02. The maximum Gasteiger partial charge on any atom is 0.0621 e. The van der Waals surface area contributed by atoms with Gasteiger partial charge in [0.15, 0.2) is 0 Å². The number of aliphatic hydroxyl groups excluding tert-OH is 2. The van der Waals surface area contributed by atoms with Crippen LogP contribution in [0.2, 0.25) is 0 Å². The molecule has 2 fully saturated rings. The Morgan fingerprint density at radius 1 is 1.33 bits per heavy atom. The maximum atomic E-state index is 9.61. The molecule has 3 heteroatoms. The van der Waals surface area contributed by atoms with Crippen LogP contribution in [0.4, 0.5) is 0 Å². The zero-order chi connectivity index (χ0) is 11.1. The van der Waals surface area contributed by atoms with Gasteiger partial charge >= 0.3 is 0 Å². The molecule has 0 aliphatic heterocycles. The average Bonchev–Trinajstić information content (AvgIpc) is 2.93. The van der Waals surface area contributed by atoms with Crippen molar-refractivity contribution >= 4 is 0 Å². The van der Waals surface area contributed by atoms with E-state index in [9.17, 15) is 5.11 Å². The fraction of sp³-hybridized carbons (Fsp3) is 1.00. The monoisotopic (exact) mass is 213 g/mol. The van der Waals surface area contributed by atoms with Crippen LogP contribution in [0.3, 0.4) is 0 Å². The third-order valence-corrected chi connectivity index (χ3v) is 4.54. The highest BCUT2D eigenvalue weighted by Crippen LogP contribution is 2.49. The lowest BCUT2D eigenvalue weighted by Gasteiger charge is -2.50. The second-order valence-corrected chi connectivity index (χ2v) is 5.98. The van der Waals surface area contributed by atoms with Gasteiger partial charge in [0.1, 0.15) is 0 Å². The van der Waals surface area contributed by atoms with Gasteiger partial charge in [-0.15, -0.1) is 0 Å². The molecule has 3 nitrogen and oxygen atoms in total. The number of rotatable bonds is 5. The van der Waals surface area contributed by atoms with Crippen molar-refractivity contribution in [1.82, 2.24) is 5.32 Å². The minimum atomic E-state index is -0.150. The van der Waals surface area contributed by atoms with Gasteiger partial charge in [0.2, 0.25) is 0 Å². The van der Waals surface area contributed by atoms with Gasteiger partial charge < -0.3 is 15.5 Å². The van der Waals surface area contributed by atoms with Gasteiger partial charge in [-0.2, -0.15) is 0 Å². The number of nitrogens with one attached hydrogen (secondary N) is 1. The van der Waals surface area contributed by atoms with Crippen LogP contribution in [0.25, 0.3) is 0 Å². The number of hydrogen-bond donors (Lipinski definition) is 3. The Balaban J connectivity index is 1.75. The van der Waals surface area contributed by atoms with E-state index < -0.39 is 0 Å². The third kappa shape index (κ3) is 2.05. The van der Waals surface area contributed by atoms with Crippen LogP contribution in [-0.2, 0) is 0 Å².